The molecule has 1 heterocycles. The number of carbonyl (C=O) groups excluding carboxylic acids is 2. The molecule has 0 spiro atoms. The lowest BCUT2D eigenvalue weighted by Crippen LogP contribution is -2.34. The van der Waals surface area contributed by atoms with Gasteiger partial charge in [-0.3, -0.25) is 4.57 Å². The third-order valence-corrected chi connectivity index (χ3v) is 3.35. The van der Waals surface area contributed by atoms with Gasteiger partial charge in [0.15, 0.2) is 0 Å². The van der Waals surface area contributed by atoms with E-state index in [2.05, 4.69) is 10.3 Å². The zero-order valence-corrected chi connectivity index (χ0v) is 14.8. The number of hydrogen-bond acceptors (Lipinski definition) is 4. The highest BCUT2D eigenvalue weighted by Crippen LogP contribution is 2.11. The van der Waals surface area contributed by atoms with Crippen LogP contribution in [0, 0.1) is 0 Å². The van der Waals surface area contributed by atoms with Crippen molar-refractivity contribution in [3.8, 4) is 0 Å². The lowest BCUT2D eigenvalue weighted by atomic mass is 10.2. The minimum absolute atomic E-state index is 0. The highest BCUT2D eigenvalue weighted by molar-refractivity contribution is 5.96. The number of imidazole rings is 1. The van der Waals surface area contributed by atoms with E-state index < -0.39 is 12.1 Å². The van der Waals surface area contributed by atoms with Gasteiger partial charge in [0.05, 0.1) is 17.6 Å². The molecule has 1 aromatic heterocycles. The molecule has 6 nitrogen and oxygen atoms in total. The van der Waals surface area contributed by atoms with Gasteiger partial charge in [-0.1, -0.05) is 42.5 Å². The summed E-state index contributed by atoms with van der Waals surface area (Å²) >= 11 is 0. The van der Waals surface area contributed by atoms with Crippen LogP contribution in [0.4, 0.5) is 9.59 Å². The van der Waals surface area contributed by atoms with Crippen molar-refractivity contribution in [3.63, 3.8) is 0 Å². The van der Waals surface area contributed by atoms with Crippen molar-refractivity contribution in [2.45, 2.75) is 6.42 Å². The van der Waals surface area contributed by atoms with Crippen LogP contribution < -0.4 is 5.32 Å². The molecule has 0 aliphatic heterocycles. The van der Waals surface area contributed by atoms with Crippen LogP contribution in [0.2, 0.25) is 0 Å². The molecule has 0 aliphatic carbocycles. The fourth-order valence-corrected chi connectivity index (χ4v) is 2.21. The fourth-order valence-electron chi connectivity index (χ4n) is 2.21. The molecule has 3 rings (SSSR count). The number of nitrogens with zero attached hydrogens (tertiary/aromatic N) is 2. The van der Waals surface area contributed by atoms with E-state index in [1.807, 2.05) is 36.4 Å². The number of imide groups is 1. The van der Waals surface area contributed by atoms with Gasteiger partial charge in [-0.25, -0.2) is 19.9 Å². The maximum atomic E-state index is 12.1. The molecule has 0 aliphatic rings. The van der Waals surface area contributed by atoms with E-state index >= 15 is 0 Å². The molecule has 0 radical (unpaired) electrons. The molecule has 0 saturated heterocycles. The number of ether oxygens (including phenoxy) is 1. The first-order chi connectivity index (χ1) is 11.2. The molecule has 25 heavy (non-hydrogen) atoms. The van der Waals surface area contributed by atoms with Gasteiger partial charge in [0.25, 0.3) is 0 Å². The second-order valence-electron chi connectivity index (χ2n) is 4.90. The molecule has 2 aromatic carbocycles. The molecule has 8 heteroatoms. The maximum Gasteiger partial charge on any atom is 0.415 e. The number of halogens is 2. The second kappa shape index (κ2) is 9.66. The summed E-state index contributed by atoms with van der Waals surface area (Å²) in [5, 5.41) is 2.18. The normalized spacial score (nSPS) is 9.60. The molecule has 3 aromatic rings. The van der Waals surface area contributed by atoms with Gasteiger partial charge in [0.2, 0.25) is 0 Å². The Kier molecular flexibility index (Phi) is 7.91. The van der Waals surface area contributed by atoms with Gasteiger partial charge in [-0.15, -0.1) is 24.8 Å². The number of fused-ring (bicyclic) bond motifs is 1. The van der Waals surface area contributed by atoms with Crippen LogP contribution in [0.3, 0.4) is 0 Å². The summed E-state index contributed by atoms with van der Waals surface area (Å²) in [6.45, 7) is 0.202. The molecule has 132 valence electrons. The van der Waals surface area contributed by atoms with Crippen molar-refractivity contribution in [3.05, 3.63) is 66.5 Å². The van der Waals surface area contributed by atoms with Gasteiger partial charge in [-0.2, -0.15) is 0 Å². The van der Waals surface area contributed by atoms with Crippen LogP contribution in [-0.4, -0.2) is 28.3 Å². The van der Waals surface area contributed by atoms with Gasteiger partial charge in [0, 0.05) is 6.42 Å². The summed E-state index contributed by atoms with van der Waals surface area (Å²) in [7, 11) is 0. The average Bonchev–Trinajstić information content (AvgIpc) is 3.00. The van der Waals surface area contributed by atoms with Gasteiger partial charge in [0.1, 0.15) is 6.33 Å². The molecule has 0 saturated carbocycles. The number of nitrogens with one attached hydrogen (secondary N) is 1. The van der Waals surface area contributed by atoms with Crippen LogP contribution in [0.1, 0.15) is 5.56 Å². The maximum absolute atomic E-state index is 12.1. The Labute approximate surface area is 157 Å². The topological polar surface area (TPSA) is 73.2 Å². The number of carbonyl (C=O) groups is 2. The summed E-state index contributed by atoms with van der Waals surface area (Å²) < 4.78 is 6.29. The first kappa shape index (κ1) is 20.5. The number of amides is 2. The number of aromatic nitrogens is 2. The molecule has 2 amide bonds. The molecular formula is C17H17Cl2N3O3. The number of alkyl carbamates (subject to hydrolysis) is 1. The highest BCUT2D eigenvalue weighted by Gasteiger charge is 2.13. The SMILES string of the molecule is Cl.Cl.O=C(NC(=O)n1cnc2ccccc21)OCCc1ccccc1. The van der Waals surface area contributed by atoms with Crippen molar-refractivity contribution in [2.24, 2.45) is 0 Å². The van der Waals surface area contributed by atoms with Crippen LogP contribution in [0.5, 0.6) is 0 Å². The average molecular weight is 382 g/mol. The largest absolute Gasteiger partial charge is 0.449 e. The fraction of sp³-hybridized carbons (Fsp3) is 0.118. The quantitative estimate of drug-likeness (QED) is 0.748. The number of rotatable bonds is 3. The monoisotopic (exact) mass is 381 g/mol. The molecule has 0 atom stereocenters. The second-order valence-corrected chi connectivity index (χ2v) is 4.90. The van der Waals surface area contributed by atoms with E-state index in [0.29, 0.717) is 17.5 Å². The molecule has 0 bridgehead atoms. The predicted octanol–water partition coefficient (Wildman–Crippen LogP) is 3.82. The molecular weight excluding hydrogens is 365 g/mol. The lowest BCUT2D eigenvalue weighted by Gasteiger charge is -2.07. The Morgan fingerprint density at radius 3 is 2.44 bits per heavy atom. The van der Waals surface area contributed by atoms with Crippen molar-refractivity contribution in [1.82, 2.24) is 14.9 Å². The standard InChI is InChI=1S/C17H15N3O3.2ClH/c21-16(20-12-18-14-8-4-5-9-15(14)20)19-17(22)23-11-10-13-6-2-1-3-7-13;;/h1-9,12H,10-11H2,(H,19,21,22);2*1H. The molecule has 0 unspecified atom stereocenters. The number of para-hydroxylation sites is 2. The molecule has 0 fully saturated rings. The van der Waals surface area contributed by atoms with Gasteiger partial charge >= 0.3 is 12.1 Å². The van der Waals surface area contributed by atoms with E-state index in [0.717, 1.165) is 5.56 Å². The van der Waals surface area contributed by atoms with E-state index in [9.17, 15) is 9.59 Å². The van der Waals surface area contributed by atoms with Crippen molar-refractivity contribution in [1.29, 1.82) is 0 Å². The van der Waals surface area contributed by atoms with Crippen molar-refractivity contribution in [2.75, 3.05) is 6.61 Å². The van der Waals surface area contributed by atoms with Crippen LogP contribution in [0.25, 0.3) is 11.0 Å². The first-order valence-corrected chi connectivity index (χ1v) is 7.18. The van der Waals surface area contributed by atoms with Crippen molar-refractivity contribution >= 4 is 48.0 Å². The third kappa shape index (κ3) is 5.20. The Balaban J connectivity index is 0.00000156. The minimum atomic E-state index is -0.774. The summed E-state index contributed by atoms with van der Waals surface area (Å²) in [6.07, 6.45) is 1.19. The smallest absolute Gasteiger partial charge is 0.415 e. The minimum Gasteiger partial charge on any atom is -0.449 e. The summed E-state index contributed by atoms with van der Waals surface area (Å²) in [5.41, 5.74) is 2.37. The summed E-state index contributed by atoms with van der Waals surface area (Å²) in [5.74, 6) is 0. The van der Waals surface area contributed by atoms with E-state index in [1.54, 1.807) is 18.2 Å². The summed E-state index contributed by atoms with van der Waals surface area (Å²) in [6, 6.07) is 16.2. The van der Waals surface area contributed by atoms with Crippen molar-refractivity contribution < 1.29 is 14.3 Å². The Hall–Kier alpha value is -2.57. The van der Waals surface area contributed by atoms with Gasteiger partial charge < -0.3 is 4.74 Å². The first-order valence-electron chi connectivity index (χ1n) is 7.18. The van der Waals surface area contributed by atoms with Crippen LogP contribution in [-0.2, 0) is 11.2 Å². The lowest BCUT2D eigenvalue weighted by molar-refractivity contribution is 0.148. The Morgan fingerprint density at radius 1 is 1.00 bits per heavy atom. The molecule has 1 N–H and O–H groups in total. The zero-order chi connectivity index (χ0) is 16.1. The summed E-state index contributed by atoms with van der Waals surface area (Å²) in [4.78, 5) is 27.9. The van der Waals surface area contributed by atoms with E-state index in [-0.39, 0.29) is 31.4 Å². The van der Waals surface area contributed by atoms with E-state index in [4.69, 9.17) is 4.74 Å². The van der Waals surface area contributed by atoms with E-state index in [1.165, 1.54) is 10.9 Å². The third-order valence-electron chi connectivity index (χ3n) is 3.35. The number of hydrogen-bond donors (Lipinski definition) is 1. The van der Waals surface area contributed by atoms with Gasteiger partial charge in [-0.05, 0) is 17.7 Å². The highest BCUT2D eigenvalue weighted by atomic mass is 35.5. The predicted molar refractivity (Wildman–Crippen MR) is 99.7 cm³/mol. The number of benzene rings is 2. The zero-order valence-electron chi connectivity index (χ0n) is 13.1. The Morgan fingerprint density at radius 2 is 1.68 bits per heavy atom. The van der Waals surface area contributed by atoms with Crippen LogP contribution >= 0.6 is 24.8 Å². The van der Waals surface area contributed by atoms with Crippen LogP contribution in [0.15, 0.2) is 60.9 Å². The Bertz CT molecular complexity index is 837.